The Bertz CT molecular complexity index is 1030. The molecule has 0 fully saturated rings. The molecule has 7 nitrogen and oxygen atoms in total. The van der Waals surface area contributed by atoms with Crippen molar-refractivity contribution in [3.63, 3.8) is 0 Å². The van der Waals surface area contributed by atoms with Crippen molar-refractivity contribution in [2.75, 3.05) is 0 Å². The van der Waals surface area contributed by atoms with Crippen LogP contribution in [0.4, 0.5) is 0 Å². The monoisotopic (exact) mass is 348 g/mol. The summed E-state index contributed by atoms with van der Waals surface area (Å²) in [7, 11) is 0. The largest absolute Gasteiger partial charge is 0.508 e. The number of aromatic amines is 1. The zero-order valence-electron chi connectivity index (χ0n) is 12.6. The summed E-state index contributed by atoms with van der Waals surface area (Å²) in [6, 6.07) is 5.65. The first-order chi connectivity index (χ1) is 11.5. The van der Waals surface area contributed by atoms with E-state index in [0.29, 0.717) is 22.6 Å². The fourth-order valence-corrected chi connectivity index (χ4v) is 2.49. The number of rotatable bonds is 4. The van der Waals surface area contributed by atoms with Crippen LogP contribution in [0.25, 0.3) is 11.1 Å². The molecule has 2 N–H and O–H groups in total. The van der Waals surface area contributed by atoms with Gasteiger partial charge in [0.15, 0.2) is 0 Å². The number of aromatic nitrogens is 2. The van der Waals surface area contributed by atoms with Gasteiger partial charge in [0.25, 0.3) is 11.6 Å². The van der Waals surface area contributed by atoms with Gasteiger partial charge in [-0.3, -0.25) is 9.78 Å². The van der Waals surface area contributed by atoms with Crippen LogP contribution < -0.4 is 15.9 Å². The topological polar surface area (TPSA) is 105 Å². The minimum Gasteiger partial charge on any atom is -0.508 e. The lowest BCUT2D eigenvalue weighted by molar-refractivity contribution is 0.274. The summed E-state index contributed by atoms with van der Waals surface area (Å²) in [5, 5.41) is 10.4. The molecule has 0 bridgehead atoms. The molecule has 8 heteroatoms. The Morgan fingerprint density at radius 3 is 2.83 bits per heavy atom. The lowest BCUT2D eigenvalue weighted by atomic mass is 10.1. The van der Waals surface area contributed by atoms with Gasteiger partial charge in [0.05, 0.1) is 0 Å². The van der Waals surface area contributed by atoms with Crippen LogP contribution in [0.5, 0.6) is 11.8 Å². The molecule has 124 valence electrons. The standard InChI is InChI=1S/C16H13ClN2O5/c1-2-8-6-12(21)24-15-13(8)14(22)18-16(19-15)23-7-9-5-10(17)3-4-11(9)20/h3-6,20H,2,7H2,1H3,(H,18,19,22). The van der Waals surface area contributed by atoms with Gasteiger partial charge in [-0.05, 0) is 30.2 Å². The van der Waals surface area contributed by atoms with E-state index in [-0.39, 0.29) is 29.5 Å². The highest BCUT2D eigenvalue weighted by molar-refractivity contribution is 6.30. The van der Waals surface area contributed by atoms with Crippen LogP contribution in [-0.4, -0.2) is 15.1 Å². The van der Waals surface area contributed by atoms with Crippen LogP contribution >= 0.6 is 11.6 Å². The van der Waals surface area contributed by atoms with Gasteiger partial charge < -0.3 is 14.3 Å². The molecule has 0 saturated heterocycles. The predicted molar refractivity (Wildman–Crippen MR) is 87.7 cm³/mol. The highest BCUT2D eigenvalue weighted by atomic mass is 35.5. The summed E-state index contributed by atoms with van der Waals surface area (Å²) in [6.07, 6.45) is 0.490. The summed E-state index contributed by atoms with van der Waals surface area (Å²) in [6.45, 7) is 1.75. The van der Waals surface area contributed by atoms with Crippen LogP contribution in [0.2, 0.25) is 5.02 Å². The van der Waals surface area contributed by atoms with Crippen molar-refractivity contribution < 1.29 is 14.3 Å². The first-order valence-electron chi connectivity index (χ1n) is 7.15. The van der Waals surface area contributed by atoms with Gasteiger partial charge in [0.2, 0.25) is 5.71 Å². The Morgan fingerprint density at radius 2 is 2.08 bits per heavy atom. The van der Waals surface area contributed by atoms with Crippen LogP contribution in [0.3, 0.4) is 0 Å². The number of hydrogen-bond donors (Lipinski definition) is 2. The second-order valence-electron chi connectivity index (χ2n) is 5.06. The number of hydrogen-bond acceptors (Lipinski definition) is 6. The normalized spacial score (nSPS) is 10.9. The van der Waals surface area contributed by atoms with Gasteiger partial charge in [-0.25, -0.2) is 4.79 Å². The molecule has 2 aromatic heterocycles. The number of ether oxygens (including phenoxy) is 1. The van der Waals surface area contributed by atoms with E-state index in [1.807, 2.05) is 6.92 Å². The summed E-state index contributed by atoms with van der Waals surface area (Å²) in [5.41, 5.74) is -0.168. The number of phenolic OH excluding ortho intramolecular Hbond substituents is 1. The number of halogens is 1. The summed E-state index contributed by atoms with van der Waals surface area (Å²) < 4.78 is 10.4. The average molecular weight is 349 g/mol. The van der Waals surface area contributed by atoms with Crippen molar-refractivity contribution in [1.82, 2.24) is 9.97 Å². The van der Waals surface area contributed by atoms with Gasteiger partial charge in [0.1, 0.15) is 17.7 Å². The van der Waals surface area contributed by atoms with E-state index < -0.39 is 11.2 Å². The smallest absolute Gasteiger partial charge is 0.337 e. The molecule has 0 aliphatic rings. The third-order valence-electron chi connectivity index (χ3n) is 3.46. The average Bonchev–Trinajstić information content (AvgIpc) is 2.54. The molecule has 2 heterocycles. The molecule has 0 atom stereocenters. The number of benzene rings is 1. The summed E-state index contributed by atoms with van der Waals surface area (Å²) >= 11 is 5.86. The molecule has 24 heavy (non-hydrogen) atoms. The van der Waals surface area contributed by atoms with E-state index in [0.717, 1.165) is 0 Å². The van der Waals surface area contributed by atoms with E-state index in [1.54, 1.807) is 0 Å². The zero-order valence-corrected chi connectivity index (χ0v) is 13.4. The Kier molecular flexibility index (Phi) is 4.26. The Hall–Kier alpha value is -2.80. The molecule has 0 aliphatic carbocycles. The second-order valence-corrected chi connectivity index (χ2v) is 5.49. The van der Waals surface area contributed by atoms with Gasteiger partial charge in [-0.15, -0.1) is 0 Å². The fraction of sp³-hybridized carbons (Fsp3) is 0.188. The van der Waals surface area contributed by atoms with Crippen molar-refractivity contribution in [2.45, 2.75) is 20.0 Å². The highest BCUT2D eigenvalue weighted by Gasteiger charge is 2.13. The minimum absolute atomic E-state index is 0.00216. The van der Waals surface area contributed by atoms with Crippen molar-refractivity contribution in [2.24, 2.45) is 0 Å². The molecule has 0 radical (unpaired) electrons. The lowest BCUT2D eigenvalue weighted by Crippen LogP contribution is -2.15. The number of nitrogens with zero attached hydrogens (tertiary/aromatic N) is 1. The number of fused-ring (bicyclic) bond motifs is 1. The van der Waals surface area contributed by atoms with Crippen molar-refractivity contribution >= 4 is 22.7 Å². The van der Waals surface area contributed by atoms with Crippen LogP contribution in [-0.2, 0) is 13.0 Å². The maximum Gasteiger partial charge on any atom is 0.337 e. The maximum absolute atomic E-state index is 12.2. The molecular weight excluding hydrogens is 336 g/mol. The number of aryl methyl sites for hydroxylation is 1. The van der Waals surface area contributed by atoms with Gasteiger partial charge in [-0.2, -0.15) is 4.98 Å². The molecule has 3 aromatic rings. The van der Waals surface area contributed by atoms with E-state index in [1.165, 1.54) is 24.3 Å². The molecule has 3 rings (SSSR count). The number of aromatic hydroxyl groups is 1. The van der Waals surface area contributed by atoms with Crippen molar-refractivity contribution in [3.05, 3.63) is 61.2 Å². The van der Waals surface area contributed by atoms with Crippen LogP contribution in [0.1, 0.15) is 18.1 Å². The lowest BCUT2D eigenvalue weighted by Gasteiger charge is -2.08. The van der Waals surface area contributed by atoms with E-state index >= 15 is 0 Å². The first-order valence-corrected chi connectivity index (χ1v) is 7.53. The van der Waals surface area contributed by atoms with E-state index in [2.05, 4.69) is 9.97 Å². The zero-order chi connectivity index (χ0) is 17.3. The number of nitrogens with one attached hydrogen (secondary N) is 1. The molecule has 0 aliphatic heterocycles. The number of phenols is 1. The Labute approximate surface area is 140 Å². The Balaban J connectivity index is 1.98. The second kappa shape index (κ2) is 6.37. The predicted octanol–water partition coefficient (Wildman–Crippen LogP) is 2.38. The summed E-state index contributed by atoms with van der Waals surface area (Å²) in [4.78, 5) is 30.3. The molecule has 1 aromatic carbocycles. The third-order valence-corrected chi connectivity index (χ3v) is 3.70. The van der Waals surface area contributed by atoms with Crippen molar-refractivity contribution in [1.29, 1.82) is 0 Å². The van der Waals surface area contributed by atoms with E-state index in [4.69, 9.17) is 20.8 Å². The SMILES string of the molecule is CCc1cc(=O)oc2nc(OCc3cc(Cl)ccc3O)[nH]c(=O)c12. The molecule has 0 saturated carbocycles. The minimum atomic E-state index is -0.587. The highest BCUT2D eigenvalue weighted by Crippen LogP contribution is 2.22. The maximum atomic E-state index is 12.2. The molecule has 0 amide bonds. The van der Waals surface area contributed by atoms with E-state index in [9.17, 15) is 14.7 Å². The third kappa shape index (κ3) is 3.11. The molecule has 0 spiro atoms. The quantitative estimate of drug-likeness (QED) is 0.750. The number of H-pyrrole nitrogens is 1. The summed E-state index contributed by atoms with van der Waals surface area (Å²) in [5.74, 6) is 0.00216. The van der Waals surface area contributed by atoms with Gasteiger partial charge >= 0.3 is 5.63 Å². The van der Waals surface area contributed by atoms with Crippen LogP contribution in [0, 0.1) is 0 Å². The van der Waals surface area contributed by atoms with Crippen molar-refractivity contribution in [3.8, 4) is 11.8 Å². The first kappa shape index (κ1) is 16.1. The fourth-order valence-electron chi connectivity index (χ4n) is 2.29. The molecular formula is C16H13ClN2O5. The van der Waals surface area contributed by atoms with Crippen LogP contribution in [0.15, 0.2) is 38.3 Å². The Morgan fingerprint density at radius 1 is 1.29 bits per heavy atom. The van der Waals surface area contributed by atoms with Gasteiger partial charge in [-0.1, -0.05) is 18.5 Å². The molecule has 0 unspecified atom stereocenters. The van der Waals surface area contributed by atoms with Gasteiger partial charge in [0, 0.05) is 16.7 Å².